The summed E-state index contributed by atoms with van der Waals surface area (Å²) >= 11 is 0. The Morgan fingerprint density at radius 1 is 0.760 bits per heavy atom. The summed E-state index contributed by atoms with van der Waals surface area (Å²) in [5, 5.41) is 13.5. The van der Waals surface area contributed by atoms with Crippen molar-refractivity contribution in [2.45, 2.75) is 45.3 Å². The monoisotopic (exact) mass is 675 g/mol. The summed E-state index contributed by atoms with van der Waals surface area (Å²) < 4.78 is 15.4. The smallest absolute Gasteiger partial charge is 0.429 e. The lowest BCUT2D eigenvalue weighted by Gasteiger charge is -2.26. The molecule has 1 aliphatic heterocycles. The largest absolute Gasteiger partial charge is 0.514 e. The Hall–Kier alpha value is -6.48. The first-order valence-corrected chi connectivity index (χ1v) is 15.9. The zero-order valence-corrected chi connectivity index (χ0v) is 27.0. The highest BCUT2D eigenvalue weighted by atomic mass is 16.7. The van der Waals surface area contributed by atoms with Gasteiger partial charge in [-0.15, -0.1) is 0 Å². The minimum absolute atomic E-state index is 0.101. The van der Waals surface area contributed by atoms with Crippen molar-refractivity contribution in [3.8, 4) is 23.3 Å². The number of unbranched alkanes of at least 4 members (excludes halogenated alkanes) is 1. The number of nitrogens with zero attached hydrogens (tertiary/aromatic N) is 2. The van der Waals surface area contributed by atoms with Crippen LogP contribution in [-0.4, -0.2) is 35.4 Å². The maximum absolute atomic E-state index is 13.3. The number of nitro groups is 1. The summed E-state index contributed by atoms with van der Waals surface area (Å²) in [6.45, 7) is 0.466. The van der Waals surface area contributed by atoms with E-state index in [4.69, 9.17) is 14.2 Å². The van der Waals surface area contributed by atoms with Gasteiger partial charge in [0.05, 0.1) is 17.2 Å². The van der Waals surface area contributed by atoms with E-state index in [1.165, 1.54) is 24.3 Å². The standard InChI is InChI=1S/C38H33N3O9/c42-35(39-24-23-36(43)40-25-30-9-2-1-7-28(30)15-16-29-8-3-4-10-34(29)40)11-5-6-12-37(44)49-32-19-13-27(14-20-32)26-48-38(45)50-33-21-17-31(18-22-33)41(46)47/h1-4,7-10,13-14,17-22H,5-6,11-12,23-26H2,(H,39,42). The zero-order chi connectivity index (χ0) is 35.3. The molecule has 1 heterocycles. The molecule has 4 aromatic carbocycles. The second kappa shape index (κ2) is 17.1. The Morgan fingerprint density at radius 2 is 1.40 bits per heavy atom. The summed E-state index contributed by atoms with van der Waals surface area (Å²) in [6.07, 6.45) is 0.379. The number of para-hydroxylation sites is 1. The highest BCUT2D eigenvalue weighted by Gasteiger charge is 2.21. The van der Waals surface area contributed by atoms with E-state index >= 15 is 0 Å². The van der Waals surface area contributed by atoms with Gasteiger partial charge in [-0.1, -0.05) is 54.3 Å². The number of fused-ring (bicyclic) bond motifs is 2. The molecule has 0 aliphatic carbocycles. The van der Waals surface area contributed by atoms with Crippen LogP contribution in [0.3, 0.4) is 0 Å². The third-order valence-electron chi connectivity index (χ3n) is 7.63. The van der Waals surface area contributed by atoms with Crippen LogP contribution < -0.4 is 19.7 Å². The van der Waals surface area contributed by atoms with Crippen LogP contribution in [0.1, 0.15) is 54.4 Å². The summed E-state index contributed by atoms with van der Waals surface area (Å²) in [5.74, 6) is 6.00. The van der Waals surface area contributed by atoms with E-state index in [-0.39, 0.29) is 55.7 Å². The average Bonchev–Trinajstić information content (AvgIpc) is 3.11. The fourth-order valence-electron chi connectivity index (χ4n) is 5.03. The molecule has 0 unspecified atom stereocenters. The predicted molar refractivity (Wildman–Crippen MR) is 182 cm³/mol. The summed E-state index contributed by atoms with van der Waals surface area (Å²) in [4.78, 5) is 61.8. The summed E-state index contributed by atoms with van der Waals surface area (Å²) in [5.41, 5.74) is 3.82. The van der Waals surface area contributed by atoms with Crippen LogP contribution in [-0.2, 0) is 32.3 Å². The normalized spacial score (nSPS) is 11.3. The van der Waals surface area contributed by atoms with E-state index in [0.717, 1.165) is 22.4 Å². The summed E-state index contributed by atoms with van der Waals surface area (Å²) in [7, 11) is 0. The molecule has 12 nitrogen and oxygen atoms in total. The number of non-ortho nitro benzene ring substituents is 1. The predicted octanol–water partition coefficient (Wildman–Crippen LogP) is 6.23. The van der Waals surface area contributed by atoms with Gasteiger partial charge >= 0.3 is 12.1 Å². The number of anilines is 1. The van der Waals surface area contributed by atoms with Crippen LogP contribution in [0.5, 0.6) is 11.5 Å². The van der Waals surface area contributed by atoms with Crippen LogP contribution >= 0.6 is 0 Å². The SMILES string of the molecule is O=C(CCCCC(=O)Oc1ccc(COC(=O)Oc2ccc([N+](=O)[O-])cc2)cc1)NCCC(=O)N1Cc2ccccc2C#Cc2ccccc21. The molecule has 1 aliphatic rings. The van der Waals surface area contributed by atoms with E-state index in [9.17, 15) is 29.3 Å². The van der Waals surface area contributed by atoms with Gasteiger partial charge in [0, 0.05) is 49.1 Å². The molecular weight excluding hydrogens is 642 g/mol. The molecule has 50 heavy (non-hydrogen) atoms. The number of hydrogen-bond acceptors (Lipinski definition) is 9. The quantitative estimate of drug-likeness (QED) is 0.0330. The van der Waals surface area contributed by atoms with E-state index in [1.54, 1.807) is 29.2 Å². The molecule has 0 radical (unpaired) electrons. The molecule has 4 aromatic rings. The zero-order valence-electron chi connectivity index (χ0n) is 27.0. The van der Waals surface area contributed by atoms with Crippen molar-refractivity contribution in [2.24, 2.45) is 0 Å². The lowest BCUT2D eigenvalue weighted by atomic mass is 10.0. The number of benzene rings is 4. The third kappa shape index (κ3) is 10.0. The maximum atomic E-state index is 13.3. The molecule has 1 N–H and O–H groups in total. The fourth-order valence-corrected chi connectivity index (χ4v) is 5.03. The fraction of sp³-hybridized carbons (Fsp3) is 0.211. The lowest BCUT2D eigenvalue weighted by molar-refractivity contribution is -0.384. The van der Waals surface area contributed by atoms with Crippen molar-refractivity contribution in [2.75, 3.05) is 11.4 Å². The molecule has 5 rings (SSSR count). The van der Waals surface area contributed by atoms with Crippen LogP contribution in [0.25, 0.3) is 0 Å². The molecule has 12 heteroatoms. The molecule has 0 aromatic heterocycles. The molecule has 254 valence electrons. The second-order valence-electron chi connectivity index (χ2n) is 11.2. The van der Waals surface area contributed by atoms with Crippen molar-refractivity contribution in [3.05, 3.63) is 129 Å². The topological polar surface area (TPSA) is 154 Å². The van der Waals surface area contributed by atoms with E-state index < -0.39 is 17.0 Å². The second-order valence-corrected chi connectivity index (χ2v) is 11.2. The summed E-state index contributed by atoms with van der Waals surface area (Å²) in [6, 6.07) is 26.6. The van der Waals surface area contributed by atoms with Gasteiger partial charge in [0.1, 0.15) is 18.1 Å². The van der Waals surface area contributed by atoms with Gasteiger partial charge in [0.25, 0.3) is 5.69 Å². The Bertz CT molecular complexity index is 1930. The molecule has 0 bridgehead atoms. The van der Waals surface area contributed by atoms with Gasteiger partial charge in [-0.25, -0.2) is 4.79 Å². The number of carbonyl (C=O) groups is 4. The average molecular weight is 676 g/mol. The molecule has 0 saturated heterocycles. The molecular formula is C38H33N3O9. The lowest BCUT2D eigenvalue weighted by Crippen LogP contribution is -2.35. The van der Waals surface area contributed by atoms with Crippen molar-refractivity contribution in [1.82, 2.24) is 5.32 Å². The number of amides is 2. The first-order valence-electron chi connectivity index (χ1n) is 15.9. The number of nitrogens with one attached hydrogen (secondary N) is 1. The molecule has 0 saturated carbocycles. The molecule has 0 spiro atoms. The van der Waals surface area contributed by atoms with Crippen LogP contribution in [0.4, 0.5) is 16.2 Å². The molecule has 0 fully saturated rings. The van der Waals surface area contributed by atoms with E-state index in [1.807, 2.05) is 48.5 Å². The van der Waals surface area contributed by atoms with Crippen LogP contribution in [0, 0.1) is 22.0 Å². The maximum Gasteiger partial charge on any atom is 0.514 e. The third-order valence-corrected chi connectivity index (χ3v) is 7.63. The number of rotatable bonds is 13. The van der Waals surface area contributed by atoms with E-state index in [0.29, 0.717) is 30.7 Å². The van der Waals surface area contributed by atoms with E-state index in [2.05, 4.69) is 17.2 Å². The Labute approximate surface area is 288 Å². The van der Waals surface area contributed by atoms with Crippen LogP contribution in [0.2, 0.25) is 0 Å². The first kappa shape index (κ1) is 34.8. The minimum Gasteiger partial charge on any atom is -0.429 e. The van der Waals surface area contributed by atoms with Crippen molar-refractivity contribution < 1.29 is 38.3 Å². The highest BCUT2D eigenvalue weighted by molar-refractivity contribution is 5.95. The number of hydrogen-bond donors (Lipinski definition) is 1. The van der Waals surface area contributed by atoms with Crippen molar-refractivity contribution in [1.29, 1.82) is 0 Å². The van der Waals surface area contributed by atoms with Crippen LogP contribution in [0.15, 0.2) is 97.1 Å². The number of ether oxygens (including phenoxy) is 3. The van der Waals surface area contributed by atoms with Crippen molar-refractivity contribution in [3.63, 3.8) is 0 Å². The van der Waals surface area contributed by atoms with Crippen molar-refractivity contribution >= 4 is 35.3 Å². The number of esters is 1. The van der Waals surface area contributed by atoms with Gasteiger partial charge < -0.3 is 24.4 Å². The number of carbonyl (C=O) groups excluding carboxylic acids is 4. The van der Waals surface area contributed by atoms with Gasteiger partial charge in [-0.05, 0) is 66.4 Å². The molecule has 2 amide bonds. The Kier molecular flexibility index (Phi) is 11.9. The Morgan fingerprint density at radius 3 is 2.16 bits per heavy atom. The van der Waals surface area contributed by atoms with Gasteiger partial charge in [0.2, 0.25) is 11.8 Å². The van der Waals surface area contributed by atoms with Gasteiger partial charge in [0.15, 0.2) is 0 Å². The number of nitro benzene ring substituents is 1. The minimum atomic E-state index is -0.979. The first-order chi connectivity index (χ1) is 24.2. The molecule has 0 atom stereocenters. The highest BCUT2D eigenvalue weighted by Crippen LogP contribution is 2.26. The Balaban J connectivity index is 0.969. The van der Waals surface area contributed by atoms with Gasteiger partial charge in [-0.2, -0.15) is 0 Å². The van der Waals surface area contributed by atoms with Gasteiger partial charge in [-0.3, -0.25) is 24.5 Å².